The molecule has 3 rings (SSSR count). The minimum atomic E-state index is -0.745. The summed E-state index contributed by atoms with van der Waals surface area (Å²) in [6.07, 6.45) is 0. The van der Waals surface area contributed by atoms with Gasteiger partial charge in [-0.2, -0.15) is 0 Å². The predicted molar refractivity (Wildman–Crippen MR) is 116 cm³/mol. The summed E-state index contributed by atoms with van der Waals surface area (Å²) in [6, 6.07) is 13.0. The summed E-state index contributed by atoms with van der Waals surface area (Å²) >= 11 is 0. The largest absolute Gasteiger partial charge is 0.457 e. The van der Waals surface area contributed by atoms with Gasteiger partial charge in [0.15, 0.2) is 5.82 Å². The number of halogens is 1. The van der Waals surface area contributed by atoms with Gasteiger partial charge in [0.2, 0.25) is 5.91 Å². The van der Waals surface area contributed by atoms with Crippen LogP contribution in [0, 0.1) is 5.82 Å². The molecule has 3 aromatic rings. The highest BCUT2D eigenvalue weighted by Crippen LogP contribution is 2.25. The van der Waals surface area contributed by atoms with Crippen molar-refractivity contribution in [2.24, 2.45) is 5.73 Å². The molecule has 0 saturated heterocycles. The van der Waals surface area contributed by atoms with E-state index in [1.165, 1.54) is 30.3 Å². The van der Waals surface area contributed by atoms with Crippen LogP contribution in [0.1, 0.15) is 17.4 Å². The molecular weight excluding hydrogens is 417 g/mol. The Bertz CT molecular complexity index is 1090. The van der Waals surface area contributed by atoms with Crippen LogP contribution < -0.4 is 21.1 Å². The molecule has 1 atom stereocenters. The Hall–Kier alpha value is -4.05. The average Bonchev–Trinajstić information content (AvgIpc) is 2.79. The second kappa shape index (κ2) is 10.3. The number of carbonyl (C=O) groups is 2. The zero-order chi connectivity index (χ0) is 23.1. The van der Waals surface area contributed by atoms with Crippen LogP contribution in [0.25, 0.3) is 11.4 Å². The fourth-order valence-corrected chi connectivity index (χ4v) is 2.71. The molecule has 0 saturated carbocycles. The topological polar surface area (TPSA) is 139 Å². The molecule has 10 heteroatoms. The Kier molecular flexibility index (Phi) is 7.29. The monoisotopic (exact) mass is 439 g/mol. The van der Waals surface area contributed by atoms with Crippen molar-refractivity contribution in [1.29, 1.82) is 0 Å². The van der Waals surface area contributed by atoms with Gasteiger partial charge in [-0.05, 0) is 55.5 Å². The van der Waals surface area contributed by atoms with E-state index in [1.54, 1.807) is 31.2 Å². The first-order valence-electron chi connectivity index (χ1n) is 9.73. The minimum absolute atomic E-state index is 0.0212. The summed E-state index contributed by atoms with van der Waals surface area (Å²) in [5.74, 6) is 0.00321. The molecule has 2 amide bonds. The van der Waals surface area contributed by atoms with Gasteiger partial charge in [-0.1, -0.05) is 0 Å². The third-order valence-corrected chi connectivity index (χ3v) is 4.31. The lowest BCUT2D eigenvalue weighted by Crippen LogP contribution is -2.39. The first kappa shape index (κ1) is 22.6. The number of amides is 2. The van der Waals surface area contributed by atoms with Gasteiger partial charge in [0.1, 0.15) is 34.9 Å². The molecule has 0 fully saturated rings. The zero-order valence-corrected chi connectivity index (χ0v) is 17.2. The number of hydrogen-bond donors (Lipinski definition) is 4. The molecule has 0 unspecified atom stereocenters. The van der Waals surface area contributed by atoms with Crippen LogP contribution in [0.4, 0.5) is 10.2 Å². The first-order valence-corrected chi connectivity index (χ1v) is 9.73. The lowest BCUT2D eigenvalue weighted by molar-refractivity contribution is -0.121. The normalized spacial score (nSPS) is 11.5. The molecule has 0 bridgehead atoms. The van der Waals surface area contributed by atoms with E-state index in [2.05, 4.69) is 20.6 Å². The molecule has 1 aromatic heterocycles. The van der Waals surface area contributed by atoms with Gasteiger partial charge in [0, 0.05) is 18.2 Å². The Labute approximate surface area is 183 Å². The molecule has 0 radical (unpaired) electrons. The number of rotatable bonds is 9. The average molecular weight is 439 g/mol. The van der Waals surface area contributed by atoms with Gasteiger partial charge in [-0.15, -0.1) is 0 Å². The van der Waals surface area contributed by atoms with Gasteiger partial charge in [0.05, 0.1) is 6.61 Å². The molecule has 2 aromatic carbocycles. The van der Waals surface area contributed by atoms with Gasteiger partial charge >= 0.3 is 0 Å². The quantitative estimate of drug-likeness (QED) is 0.400. The predicted octanol–water partition coefficient (Wildman–Crippen LogP) is 2.08. The van der Waals surface area contributed by atoms with Crippen molar-refractivity contribution in [3.8, 4) is 22.9 Å². The van der Waals surface area contributed by atoms with Crippen molar-refractivity contribution >= 4 is 17.6 Å². The van der Waals surface area contributed by atoms with E-state index in [4.69, 9.17) is 15.6 Å². The Balaban J connectivity index is 1.80. The first-order chi connectivity index (χ1) is 15.4. The third-order valence-electron chi connectivity index (χ3n) is 4.31. The second-order valence-corrected chi connectivity index (χ2v) is 6.79. The standard InChI is InChI=1S/C22H22FN5O4/c1-13(22(31)25-10-11-29)26-19-12-18(20(24)30)27-21(28-19)14-2-6-16(7-3-14)32-17-8-4-15(23)5-9-17/h2-9,12-13,29H,10-11H2,1H3,(H2,24,30)(H,25,31)(H,26,27,28)/t13-/m0/s1. The minimum Gasteiger partial charge on any atom is -0.457 e. The van der Waals surface area contributed by atoms with Crippen LogP contribution in [0.5, 0.6) is 11.5 Å². The van der Waals surface area contributed by atoms with Crippen molar-refractivity contribution in [2.45, 2.75) is 13.0 Å². The van der Waals surface area contributed by atoms with E-state index >= 15 is 0 Å². The Morgan fingerprint density at radius 1 is 1.09 bits per heavy atom. The number of carbonyl (C=O) groups excluding carboxylic acids is 2. The SMILES string of the molecule is C[C@H](Nc1cc(C(N)=O)nc(-c2ccc(Oc3ccc(F)cc3)cc2)n1)C(=O)NCCO. The molecule has 5 N–H and O–H groups in total. The maximum absolute atomic E-state index is 13.0. The number of nitrogens with one attached hydrogen (secondary N) is 2. The van der Waals surface area contributed by atoms with Crippen molar-refractivity contribution in [2.75, 3.05) is 18.5 Å². The van der Waals surface area contributed by atoms with Gasteiger partial charge < -0.3 is 26.2 Å². The fourth-order valence-electron chi connectivity index (χ4n) is 2.71. The van der Waals surface area contributed by atoms with E-state index in [1.807, 2.05) is 0 Å². The maximum atomic E-state index is 13.0. The summed E-state index contributed by atoms with van der Waals surface area (Å²) in [7, 11) is 0. The van der Waals surface area contributed by atoms with Crippen LogP contribution in [-0.2, 0) is 4.79 Å². The molecule has 0 aliphatic rings. The lowest BCUT2D eigenvalue weighted by Gasteiger charge is -2.15. The number of aliphatic hydroxyl groups is 1. The van der Waals surface area contributed by atoms with Gasteiger partial charge in [0.25, 0.3) is 5.91 Å². The summed E-state index contributed by atoms with van der Waals surface area (Å²) in [4.78, 5) is 32.3. The van der Waals surface area contributed by atoms with E-state index < -0.39 is 11.9 Å². The number of anilines is 1. The van der Waals surface area contributed by atoms with E-state index in [0.717, 1.165) is 0 Å². The maximum Gasteiger partial charge on any atom is 0.267 e. The van der Waals surface area contributed by atoms with Crippen molar-refractivity contribution in [3.63, 3.8) is 0 Å². The number of hydrogen-bond acceptors (Lipinski definition) is 7. The molecule has 9 nitrogen and oxygen atoms in total. The number of nitrogens with zero attached hydrogens (tertiary/aromatic N) is 2. The number of ether oxygens (including phenoxy) is 1. The van der Waals surface area contributed by atoms with Gasteiger partial charge in [-0.3, -0.25) is 9.59 Å². The molecule has 1 heterocycles. The lowest BCUT2D eigenvalue weighted by atomic mass is 10.2. The van der Waals surface area contributed by atoms with Crippen LogP contribution in [0.3, 0.4) is 0 Å². The summed E-state index contributed by atoms with van der Waals surface area (Å²) in [6.45, 7) is 1.56. The molecule has 32 heavy (non-hydrogen) atoms. The van der Waals surface area contributed by atoms with Crippen molar-refractivity contribution < 1.29 is 23.8 Å². The number of nitrogens with two attached hydrogens (primary N) is 1. The highest BCUT2D eigenvalue weighted by atomic mass is 19.1. The summed E-state index contributed by atoms with van der Waals surface area (Å²) < 4.78 is 18.7. The highest BCUT2D eigenvalue weighted by molar-refractivity contribution is 5.92. The van der Waals surface area contributed by atoms with Crippen LogP contribution in [0.2, 0.25) is 0 Å². The molecule has 0 aliphatic heterocycles. The van der Waals surface area contributed by atoms with Crippen molar-refractivity contribution in [3.05, 3.63) is 66.1 Å². The third kappa shape index (κ3) is 5.99. The summed E-state index contributed by atoms with van der Waals surface area (Å²) in [5, 5.41) is 14.3. The van der Waals surface area contributed by atoms with Crippen LogP contribution in [-0.4, -0.2) is 46.1 Å². The second-order valence-electron chi connectivity index (χ2n) is 6.79. The van der Waals surface area contributed by atoms with E-state index in [-0.39, 0.29) is 42.2 Å². The number of aromatic nitrogens is 2. The number of primary amides is 1. The van der Waals surface area contributed by atoms with E-state index in [9.17, 15) is 14.0 Å². The highest BCUT2D eigenvalue weighted by Gasteiger charge is 2.16. The van der Waals surface area contributed by atoms with Crippen molar-refractivity contribution in [1.82, 2.24) is 15.3 Å². The van der Waals surface area contributed by atoms with Crippen LogP contribution in [0.15, 0.2) is 54.6 Å². The molecule has 0 aliphatic carbocycles. The smallest absolute Gasteiger partial charge is 0.267 e. The number of benzene rings is 2. The van der Waals surface area contributed by atoms with Crippen LogP contribution >= 0.6 is 0 Å². The summed E-state index contributed by atoms with van der Waals surface area (Å²) in [5.41, 5.74) is 5.96. The molecular formula is C22H22FN5O4. The zero-order valence-electron chi connectivity index (χ0n) is 17.2. The van der Waals surface area contributed by atoms with Gasteiger partial charge in [-0.25, -0.2) is 14.4 Å². The fraction of sp³-hybridized carbons (Fsp3) is 0.182. The molecule has 0 spiro atoms. The number of aliphatic hydroxyl groups excluding tert-OH is 1. The molecule has 166 valence electrons. The Morgan fingerprint density at radius 3 is 2.31 bits per heavy atom. The Morgan fingerprint density at radius 2 is 1.72 bits per heavy atom. The van der Waals surface area contributed by atoms with E-state index in [0.29, 0.717) is 17.1 Å².